The van der Waals surface area contributed by atoms with Gasteiger partial charge < -0.3 is 14.6 Å². The highest BCUT2D eigenvalue weighted by atomic mass is 16.5. The second-order valence-corrected chi connectivity index (χ2v) is 5.17. The number of aromatic carboxylic acids is 1. The third kappa shape index (κ3) is 4.01. The molecule has 0 atom stereocenters. The number of carbonyl (C=O) groups is 1. The van der Waals surface area contributed by atoms with Crippen molar-refractivity contribution >= 4 is 5.97 Å². The van der Waals surface area contributed by atoms with E-state index in [-0.39, 0.29) is 12.2 Å². The monoisotopic (exact) mass is 300 g/mol. The van der Waals surface area contributed by atoms with E-state index in [0.717, 1.165) is 22.4 Å². The van der Waals surface area contributed by atoms with Crippen molar-refractivity contribution < 1.29 is 19.4 Å². The van der Waals surface area contributed by atoms with Crippen molar-refractivity contribution in [3.05, 3.63) is 58.7 Å². The molecule has 1 N–H and O–H groups in total. The smallest absolute Gasteiger partial charge is 0.335 e. The van der Waals surface area contributed by atoms with E-state index in [1.165, 1.54) is 6.07 Å². The molecule has 0 spiro atoms. The Kier molecular flexibility index (Phi) is 5.04. The molecule has 0 amide bonds. The number of aryl methyl sites for hydroxylation is 2. The molecule has 0 fully saturated rings. The van der Waals surface area contributed by atoms with Crippen LogP contribution >= 0.6 is 0 Å². The van der Waals surface area contributed by atoms with Gasteiger partial charge in [0.25, 0.3) is 0 Å². The summed E-state index contributed by atoms with van der Waals surface area (Å²) in [5.74, 6) is 0.452. The molecule has 0 aliphatic rings. The molecular weight excluding hydrogens is 280 g/mol. The summed E-state index contributed by atoms with van der Waals surface area (Å²) >= 11 is 0. The van der Waals surface area contributed by atoms with Gasteiger partial charge in [0.15, 0.2) is 0 Å². The predicted molar refractivity (Wildman–Crippen MR) is 84.8 cm³/mol. The van der Waals surface area contributed by atoms with Crippen LogP contribution in [0.2, 0.25) is 0 Å². The predicted octanol–water partition coefficient (Wildman–Crippen LogP) is 3.98. The minimum atomic E-state index is -0.962. The first-order chi connectivity index (χ1) is 10.5. The molecule has 0 bridgehead atoms. The van der Waals surface area contributed by atoms with Crippen molar-refractivity contribution in [1.82, 2.24) is 0 Å². The fourth-order valence-electron chi connectivity index (χ4n) is 2.30. The number of hydrogen-bond donors (Lipinski definition) is 1. The van der Waals surface area contributed by atoms with Crippen molar-refractivity contribution in [3.63, 3.8) is 0 Å². The maximum atomic E-state index is 11.1. The van der Waals surface area contributed by atoms with E-state index in [2.05, 4.69) is 6.07 Å². The number of carboxylic acid groups (broad SMARTS) is 1. The standard InChI is InChI=1S/C18H20O4/c1-4-21-17-6-5-14(18(19)20)10-15(17)11-22-16-8-12(2)7-13(3)9-16/h5-10H,4,11H2,1-3H3,(H,19,20). The Morgan fingerprint density at radius 2 is 1.73 bits per heavy atom. The van der Waals surface area contributed by atoms with Crippen molar-refractivity contribution in [2.24, 2.45) is 0 Å². The zero-order valence-electron chi connectivity index (χ0n) is 13.1. The lowest BCUT2D eigenvalue weighted by atomic mass is 10.1. The fraction of sp³-hybridized carbons (Fsp3) is 0.278. The van der Waals surface area contributed by atoms with Gasteiger partial charge in [-0.2, -0.15) is 0 Å². The fourth-order valence-corrected chi connectivity index (χ4v) is 2.30. The second-order valence-electron chi connectivity index (χ2n) is 5.17. The molecule has 116 valence electrons. The largest absolute Gasteiger partial charge is 0.493 e. The third-order valence-electron chi connectivity index (χ3n) is 3.20. The van der Waals surface area contributed by atoms with E-state index < -0.39 is 5.97 Å². The second kappa shape index (κ2) is 6.98. The van der Waals surface area contributed by atoms with Gasteiger partial charge in [0, 0.05) is 5.56 Å². The molecule has 0 saturated carbocycles. The van der Waals surface area contributed by atoms with Crippen LogP contribution in [-0.4, -0.2) is 17.7 Å². The van der Waals surface area contributed by atoms with E-state index >= 15 is 0 Å². The molecule has 0 radical (unpaired) electrons. The number of rotatable bonds is 6. The van der Waals surface area contributed by atoms with E-state index in [4.69, 9.17) is 14.6 Å². The summed E-state index contributed by atoms with van der Waals surface area (Å²) in [7, 11) is 0. The lowest BCUT2D eigenvalue weighted by molar-refractivity contribution is 0.0696. The van der Waals surface area contributed by atoms with Gasteiger partial charge in [-0.15, -0.1) is 0 Å². The van der Waals surface area contributed by atoms with Gasteiger partial charge in [-0.25, -0.2) is 4.79 Å². The van der Waals surface area contributed by atoms with E-state index in [1.54, 1.807) is 12.1 Å². The highest BCUT2D eigenvalue weighted by Gasteiger charge is 2.10. The number of hydrogen-bond acceptors (Lipinski definition) is 3. The summed E-state index contributed by atoms with van der Waals surface area (Å²) in [6, 6.07) is 10.8. The molecule has 2 aromatic carbocycles. The van der Waals surface area contributed by atoms with E-state index in [1.807, 2.05) is 32.9 Å². The van der Waals surface area contributed by atoms with Crippen molar-refractivity contribution in [2.45, 2.75) is 27.4 Å². The first kappa shape index (κ1) is 15.9. The Bertz CT molecular complexity index is 657. The van der Waals surface area contributed by atoms with Gasteiger partial charge in [-0.3, -0.25) is 0 Å². The minimum Gasteiger partial charge on any atom is -0.493 e. The van der Waals surface area contributed by atoms with Crippen LogP contribution in [0.25, 0.3) is 0 Å². The third-order valence-corrected chi connectivity index (χ3v) is 3.20. The Morgan fingerprint density at radius 1 is 1.05 bits per heavy atom. The molecular formula is C18H20O4. The molecule has 4 nitrogen and oxygen atoms in total. The molecule has 0 unspecified atom stereocenters. The van der Waals surface area contributed by atoms with Gasteiger partial charge in [0.2, 0.25) is 0 Å². The van der Waals surface area contributed by atoms with Crippen LogP contribution in [0.4, 0.5) is 0 Å². The van der Waals surface area contributed by atoms with Crippen LogP contribution in [0, 0.1) is 13.8 Å². The van der Waals surface area contributed by atoms with Gasteiger partial charge in [0.1, 0.15) is 18.1 Å². The van der Waals surface area contributed by atoms with Crippen molar-refractivity contribution in [3.8, 4) is 11.5 Å². The average molecular weight is 300 g/mol. The molecule has 4 heteroatoms. The topological polar surface area (TPSA) is 55.8 Å². The summed E-state index contributed by atoms with van der Waals surface area (Å²) in [6.07, 6.45) is 0. The Labute approximate surface area is 130 Å². The Balaban J connectivity index is 2.22. The van der Waals surface area contributed by atoms with Crippen LogP contribution in [-0.2, 0) is 6.61 Å². The maximum Gasteiger partial charge on any atom is 0.335 e. The lowest BCUT2D eigenvalue weighted by Crippen LogP contribution is -2.04. The highest BCUT2D eigenvalue weighted by molar-refractivity contribution is 5.88. The SMILES string of the molecule is CCOc1ccc(C(=O)O)cc1COc1cc(C)cc(C)c1. The molecule has 0 heterocycles. The molecule has 0 aliphatic heterocycles. The zero-order valence-corrected chi connectivity index (χ0v) is 13.1. The minimum absolute atomic E-state index is 0.225. The van der Waals surface area contributed by atoms with Crippen LogP contribution in [0.5, 0.6) is 11.5 Å². The van der Waals surface area contributed by atoms with E-state index in [9.17, 15) is 4.79 Å². The van der Waals surface area contributed by atoms with E-state index in [0.29, 0.717) is 12.4 Å². The van der Waals surface area contributed by atoms with Crippen molar-refractivity contribution in [2.75, 3.05) is 6.61 Å². The van der Waals surface area contributed by atoms with Gasteiger partial charge in [-0.05, 0) is 62.2 Å². The van der Waals surface area contributed by atoms with Crippen LogP contribution in [0.1, 0.15) is 34.0 Å². The molecule has 22 heavy (non-hydrogen) atoms. The summed E-state index contributed by atoms with van der Waals surface area (Å²) in [6.45, 7) is 6.69. The number of ether oxygens (including phenoxy) is 2. The summed E-state index contributed by atoms with van der Waals surface area (Å²) in [5, 5.41) is 9.11. The quantitative estimate of drug-likeness (QED) is 0.876. The number of benzene rings is 2. The maximum absolute atomic E-state index is 11.1. The molecule has 2 aromatic rings. The molecule has 0 aromatic heterocycles. The van der Waals surface area contributed by atoms with Crippen molar-refractivity contribution in [1.29, 1.82) is 0 Å². The first-order valence-electron chi connectivity index (χ1n) is 7.19. The van der Waals surface area contributed by atoms with Gasteiger partial charge >= 0.3 is 5.97 Å². The van der Waals surface area contributed by atoms with Crippen LogP contribution < -0.4 is 9.47 Å². The summed E-state index contributed by atoms with van der Waals surface area (Å²) in [5.41, 5.74) is 3.20. The molecule has 2 rings (SSSR count). The van der Waals surface area contributed by atoms with Crippen LogP contribution in [0.3, 0.4) is 0 Å². The first-order valence-corrected chi connectivity index (χ1v) is 7.19. The summed E-state index contributed by atoms with van der Waals surface area (Å²) < 4.78 is 11.3. The van der Waals surface area contributed by atoms with Gasteiger partial charge in [0.05, 0.1) is 12.2 Å². The van der Waals surface area contributed by atoms with Crippen LogP contribution in [0.15, 0.2) is 36.4 Å². The van der Waals surface area contributed by atoms with Gasteiger partial charge in [-0.1, -0.05) is 6.07 Å². The lowest BCUT2D eigenvalue weighted by Gasteiger charge is -2.13. The number of carboxylic acids is 1. The highest BCUT2D eigenvalue weighted by Crippen LogP contribution is 2.24. The Morgan fingerprint density at radius 3 is 2.32 bits per heavy atom. The Hall–Kier alpha value is -2.49. The molecule has 0 saturated heterocycles. The normalized spacial score (nSPS) is 10.3. The summed E-state index contributed by atoms with van der Waals surface area (Å²) in [4.78, 5) is 11.1. The average Bonchev–Trinajstić information content (AvgIpc) is 2.45. The molecule has 0 aliphatic carbocycles. The zero-order chi connectivity index (χ0) is 16.1.